The predicted molar refractivity (Wildman–Crippen MR) is 118 cm³/mol. The highest BCUT2D eigenvalue weighted by Gasteiger charge is 2.28. The number of carbonyl (C=O) groups is 2. The minimum absolute atomic E-state index is 0.126. The maximum Gasteiger partial charge on any atom is 0.422 e. The van der Waals surface area contributed by atoms with Crippen molar-refractivity contribution in [2.45, 2.75) is 6.18 Å². The lowest BCUT2D eigenvalue weighted by Gasteiger charge is -2.11. The molecular weight excluding hydrogens is 453 g/mol. The number of hydrogen-bond donors (Lipinski definition) is 2. The Hall–Kier alpha value is -4.09. The van der Waals surface area contributed by atoms with E-state index in [-0.39, 0.29) is 30.4 Å². The van der Waals surface area contributed by atoms with Gasteiger partial charge in [0.2, 0.25) is 5.88 Å². The van der Waals surface area contributed by atoms with E-state index in [1.807, 2.05) is 30.3 Å². The number of pyridine rings is 1. The zero-order chi connectivity index (χ0) is 24.7. The van der Waals surface area contributed by atoms with Gasteiger partial charge in [-0.1, -0.05) is 18.2 Å². The van der Waals surface area contributed by atoms with Gasteiger partial charge in [0.15, 0.2) is 12.4 Å². The Morgan fingerprint density at radius 1 is 1.03 bits per heavy atom. The summed E-state index contributed by atoms with van der Waals surface area (Å²) >= 11 is 0. The average Bonchev–Trinajstić information content (AvgIpc) is 3.27. The van der Waals surface area contributed by atoms with Gasteiger partial charge in [0.05, 0.1) is 11.3 Å². The topological polar surface area (TPSA) is 101 Å². The Kier molecular flexibility index (Phi) is 7.71. The minimum Gasteiger partial charge on any atom is -0.468 e. The van der Waals surface area contributed by atoms with E-state index in [4.69, 9.17) is 0 Å². The Balaban J connectivity index is 1.51. The smallest absolute Gasteiger partial charge is 0.422 e. The van der Waals surface area contributed by atoms with Crippen LogP contribution in [0, 0.1) is 0 Å². The fourth-order valence-electron chi connectivity index (χ4n) is 2.87. The lowest BCUT2D eigenvalue weighted by atomic mass is 10.2. The zero-order valence-corrected chi connectivity index (χ0v) is 18.5. The zero-order valence-electron chi connectivity index (χ0n) is 18.5. The van der Waals surface area contributed by atoms with Crippen LogP contribution in [0.4, 0.5) is 19.0 Å². The van der Waals surface area contributed by atoms with Crippen LogP contribution in [0.15, 0.2) is 54.9 Å². The van der Waals surface area contributed by atoms with E-state index in [2.05, 4.69) is 25.5 Å². The average molecular weight is 476 g/mol. The fourth-order valence-corrected chi connectivity index (χ4v) is 2.87. The van der Waals surface area contributed by atoms with Gasteiger partial charge in [0, 0.05) is 45.6 Å². The summed E-state index contributed by atoms with van der Waals surface area (Å²) in [5.41, 5.74) is 1.32. The van der Waals surface area contributed by atoms with Crippen LogP contribution in [-0.4, -0.2) is 66.5 Å². The Morgan fingerprint density at radius 2 is 1.71 bits per heavy atom. The molecule has 0 radical (unpaired) electrons. The standard InChI is InChI=1S/C22H23F3N6O3/c1-30(2)19-17(13-31(29-19)16-6-4-3-5-7-16)21(33)27-11-10-26-20(32)15-8-9-18(28-12-15)34-14-22(23,24)25/h3-9,12-13H,10-11,14H2,1-2H3,(H,26,32)(H,27,33). The van der Waals surface area contributed by atoms with Crippen LogP contribution in [0.5, 0.6) is 5.88 Å². The monoisotopic (exact) mass is 476 g/mol. The quantitative estimate of drug-likeness (QED) is 0.460. The number of ether oxygens (including phenoxy) is 1. The number of alkyl halides is 3. The molecule has 0 aliphatic carbocycles. The molecule has 0 atom stereocenters. The third kappa shape index (κ3) is 6.70. The van der Waals surface area contributed by atoms with Crippen molar-refractivity contribution in [3.8, 4) is 11.6 Å². The molecule has 2 N–H and O–H groups in total. The molecule has 1 aromatic carbocycles. The first-order valence-corrected chi connectivity index (χ1v) is 10.2. The third-order valence-corrected chi connectivity index (χ3v) is 4.46. The number of para-hydroxylation sites is 1. The van der Waals surface area contributed by atoms with Crippen molar-refractivity contribution in [3.63, 3.8) is 0 Å². The minimum atomic E-state index is -4.48. The van der Waals surface area contributed by atoms with Gasteiger partial charge in [0.1, 0.15) is 5.56 Å². The van der Waals surface area contributed by atoms with Crippen LogP contribution in [0.25, 0.3) is 5.69 Å². The largest absolute Gasteiger partial charge is 0.468 e. The van der Waals surface area contributed by atoms with E-state index in [0.717, 1.165) is 11.9 Å². The molecule has 0 bridgehead atoms. The summed E-state index contributed by atoms with van der Waals surface area (Å²) in [5.74, 6) is -0.596. The van der Waals surface area contributed by atoms with Crippen molar-refractivity contribution in [3.05, 3.63) is 66.0 Å². The summed E-state index contributed by atoms with van der Waals surface area (Å²) < 4.78 is 42.6. The van der Waals surface area contributed by atoms with Crippen LogP contribution in [-0.2, 0) is 0 Å². The summed E-state index contributed by atoms with van der Waals surface area (Å²) in [6, 6.07) is 11.8. The first kappa shape index (κ1) is 24.6. The van der Waals surface area contributed by atoms with Gasteiger partial charge in [-0.15, -0.1) is 5.10 Å². The van der Waals surface area contributed by atoms with Crippen LogP contribution in [0.1, 0.15) is 20.7 Å². The maximum absolute atomic E-state index is 12.7. The first-order chi connectivity index (χ1) is 16.1. The fraction of sp³-hybridized carbons (Fsp3) is 0.273. The first-order valence-electron chi connectivity index (χ1n) is 10.2. The molecule has 9 nitrogen and oxygen atoms in total. The van der Waals surface area contributed by atoms with Gasteiger partial charge in [0.25, 0.3) is 11.8 Å². The predicted octanol–water partition coefficient (Wildman–Crippen LogP) is 2.43. The summed E-state index contributed by atoms with van der Waals surface area (Å²) in [4.78, 5) is 30.3. The SMILES string of the molecule is CN(C)c1nn(-c2ccccc2)cc1C(=O)NCCNC(=O)c1ccc(OCC(F)(F)F)nc1. The number of benzene rings is 1. The van der Waals surface area contributed by atoms with Crippen molar-refractivity contribution < 1.29 is 27.5 Å². The highest BCUT2D eigenvalue weighted by molar-refractivity contribution is 5.99. The van der Waals surface area contributed by atoms with Crippen molar-refractivity contribution in [1.82, 2.24) is 25.4 Å². The van der Waals surface area contributed by atoms with Gasteiger partial charge in [-0.25, -0.2) is 9.67 Å². The molecule has 0 saturated carbocycles. The molecule has 0 aliphatic heterocycles. The molecule has 2 amide bonds. The Morgan fingerprint density at radius 3 is 2.29 bits per heavy atom. The molecule has 180 valence electrons. The number of hydrogen-bond acceptors (Lipinski definition) is 6. The lowest BCUT2D eigenvalue weighted by Crippen LogP contribution is -2.35. The van der Waals surface area contributed by atoms with Crippen LogP contribution >= 0.6 is 0 Å². The number of nitrogens with one attached hydrogen (secondary N) is 2. The van der Waals surface area contributed by atoms with E-state index in [1.165, 1.54) is 12.1 Å². The Bertz CT molecular complexity index is 1120. The molecular formula is C22H23F3N6O3. The van der Waals surface area contributed by atoms with E-state index in [9.17, 15) is 22.8 Å². The second-order valence-electron chi connectivity index (χ2n) is 7.34. The number of carbonyl (C=O) groups excluding carboxylic acids is 2. The van der Waals surface area contributed by atoms with Gasteiger partial charge < -0.3 is 20.3 Å². The van der Waals surface area contributed by atoms with Gasteiger partial charge in [-0.3, -0.25) is 9.59 Å². The van der Waals surface area contributed by atoms with Crippen LogP contribution in [0.2, 0.25) is 0 Å². The van der Waals surface area contributed by atoms with E-state index < -0.39 is 18.7 Å². The second kappa shape index (κ2) is 10.7. The number of amides is 2. The lowest BCUT2D eigenvalue weighted by molar-refractivity contribution is -0.154. The van der Waals surface area contributed by atoms with E-state index in [1.54, 1.807) is 29.9 Å². The van der Waals surface area contributed by atoms with Crippen molar-refractivity contribution in [2.75, 3.05) is 38.7 Å². The molecule has 0 fully saturated rings. The van der Waals surface area contributed by atoms with Crippen molar-refractivity contribution in [2.24, 2.45) is 0 Å². The highest BCUT2D eigenvalue weighted by atomic mass is 19.4. The summed E-state index contributed by atoms with van der Waals surface area (Å²) in [7, 11) is 3.56. The second-order valence-corrected chi connectivity index (χ2v) is 7.34. The van der Waals surface area contributed by atoms with Crippen molar-refractivity contribution >= 4 is 17.6 Å². The normalized spacial score (nSPS) is 11.1. The van der Waals surface area contributed by atoms with Crippen LogP contribution in [0.3, 0.4) is 0 Å². The summed E-state index contributed by atoms with van der Waals surface area (Å²) in [6.45, 7) is -1.19. The molecule has 3 aromatic rings. The van der Waals surface area contributed by atoms with Gasteiger partial charge in [-0.2, -0.15) is 13.2 Å². The number of anilines is 1. The molecule has 0 saturated heterocycles. The molecule has 12 heteroatoms. The summed E-state index contributed by atoms with van der Waals surface area (Å²) in [6.07, 6.45) is -1.73. The van der Waals surface area contributed by atoms with Crippen molar-refractivity contribution in [1.29, 1.82) is 0 Å². The third-order valence-electron chi connectivity index (χ3n) is 4.46. The summed E-state index contributed by atoms with van der Waals surface area (Å²) in [5, 5.41) is 9.80. The number of rotatable bonds is 9. The van der Waals surface area contributed by atoms with E-state index in [0.29, 0.717) is 11.4 Å². The number of nitrogens with zero attached hydrogens (tertiary/aromatic N) is 4. The van der Waals surface area contributed by atoms with E-state index >= 15 is 0 Å². The van der Waals surface area contributed by atoms with Gasteiger partial charge in [-0.05, 0) is 18.2 Å². The maximum atomic E-state index is 12.7. The number of aromatic nitrogens is 3. The highest BCUT2D eigenvalue weighted by Crippen LogP contribution is 2.19. The Labute approximate surface area is 193 Å². The number of halogens is 3. The molecule has 3 rings (SSSR count). The molecule has 34 heavy (non-hydrogen) atoms. The molecule has 0 aliphatic rings. The van der Waals surface area contributed by atoms with Gasteiger partial charge >= 0.3 is 6.18 Å². The molecule has 2 heterocycles. The molecule has 2 aromatic heterocycles. The molecule has 0 spiro atoms. The van der Waals surface area contributed by atoms with Crippen LogP contribution < -0.4 is 20.3 Å². The molecule has 0 unspecified atom stereocenters.